The molecule has 6 nitrogen and oxygen atoms in total. The van der Waals surface area contributed by atoms with Crippen LogP contribution in [-0.2, 0) is 0 Å². The maximum atomic E-state index is 5.99. The lowest BCUT2D eigenvalue weighted by Gasteiger charge is -2.08. The quantitative estimate of drug-likeness (QED) is 0.912. The van der Waals surface area contributed by atoms with Crippen molar-refractivity contribution in [1.82, 2.24) is 15.0 Å². The van der Waals surface area contributed by atoms with Gasteiger partial charge in [0.15, 0.2) is 5.82 Å². The molecule has 0 bridgehead atoms. The highest BCUT2D eigenvalue weighted by molar-refractivity contribution is 6.32. The van der Waals surface area contributed by atoms with Crippen molar-refractivity contribution in [2.45, 2.75) is 13.3 Å². The third kappa shape index (κ3) is 3.27. The number of aromatic nitrogens is 3. The smallest absolute Gasteiger partial charge is 0.321 e. The summed E-state index contributed by atoms with van der Waals surface area (Å²) in [5.74, 6) is 1.06. The molecule has 0 amide bonds. The van der Waals surface area contributed by atoms with Crippen LogP contribution >= 0.6 is 11.6 Å². The molecule has 0 saturated carbocycles. The van der Waals surface area contributed by atoms with E-state index in [0.29, 0.717) is 23.2 Å². The lowest BCUT2D eigenvalue weighted by Crippen LogP contribution is -2.05. The molecule has 1 aromatic carbocycles. The summed E-state index contributed by atoms with van der Waals surface area (Å²) >= 11 is 5.99. The molecule has 20 heavy (non-hydrogen) atoms. The monoisotopic (exact) mass is 294 g/mol. The molecule has 0 aliphatic heterocycles. The maximum absolute atomic E-state index is 5.99. The Bertz CT molecular complexity index is 607. The van der Waals surface area contributed by atoms with Gasteiger partial charge in [0.2, 0.25) is 5.95 Å². The van der Waals surface area contributed by atoms with Gasteiger partial charge in [0, 0.05) is 5.56 Å². The molecule has 1 heterocycles. The van der Waals surface area contributed by atoms with E-state index in [0.717, 1.165) is 12.0 Å². The molecule has 2 N–H and O–H groups in total. The van der Waals surface area contributed by atoms with E-state index in [2.05, 4.69) is 15.0 Å². The Balaban J connectivity index is 2.38. The average molecular weight is 295 g/mol. The van der Waals surface area contributed by atoms with Crippen LogP contribution in [0.2, 0.25) is 5.02 Å². The van der Waals surface area contributed by atoms with Crippen LogP contribution in [0.4, 0.5) is 5.95 Å². The van der Waals surface area contributed by atoms with E-state index in [1.165, 1.54) is 0 Å². The Kier molecular flexibility index (Phi) is 4.57. The molecule has 0 spiro atoms. The first-order chi connectivity index (χ1) is 9.63. The van der Waals surface area contributed by atoms with Crippen LogP contribution in [0.15, 0.2) is 18.2 Å². The van der Waals surface area contributed by atoms with Crippen molar-refractivity contribution in [3.63, 3.8) is 0 Å². The van der Waals surface area contributed by atoms with Crippen LogP contribution in [0.25, 0.3) is 11.4 Å². The van der Waals surface area contributed by atoms with Crippen molar-refractivity contribution in [3.8, 4) is 23.1 Å². The van der Waals surface area contributed by atoms with E-state index in [1.54, 1.807) is 25.3 Å². The zero-order chi connectivity index (χ0) is 14.5. The number of methoxy groups -OCH3 is 1. The second-order valence-electron chi connectivity index (χ2n) is 4.00. The lowest BCUT2D eigenvalue weighted by atomic mass is 10.2. The Labute approximate surface area is 121 Å². The SMILES string of the molecule is CCCOc1nc(N)nc(-c2ccc(Cl)c(OC)c2)n1. The van der Waals surface area contributed by atoms with Gasteiger partial charge < -0.3 is 15.2 Å². The summed E-state index contributed by atoms with van der Waals surface area (Å²) in [4.78, 5) is 12.3. The van der Waals surface area contributed by atoms with Crippen molar-refractivity contribution < 1.29 is 9.47 Å². The molecule has 0 aliphatic carbocycles. The average Bonchev–Trinajstić information content (AvgIpc) is 2.45. The van der Waals surface area contributed by atoms with Crippen LogP contribution in [0.3, 0.4) is 0 Å². The van der Waals surface area contributed by atoms with Crippen LogP contribution < -0.4 is 15.2 Å². The first-order valence-corrected chi connectivity index (χ1v) is 6.50. The zero-order valence-electron chi connectivity index (χ0n) is 11.3. The van der Waals surface area contributed by atoms with E-state index in [9.17, 15) is 0 Å². The first kappa shape index (κ1) is 14.3. The normalized spacial score (nSPS) is 10.3. The summed E-state index contributed by atoms with van der Waals surface area (Å²) in [5.41, 5.74) is 6.39. The minimum absolute atomic E-state index is 0.106. The highest BCUT2D eigenvalue weighted by atomic mass is 35.5. The van der Waals surface area contributed by atoms with Gasteiger partial charge >= 0.3 is 6.01 Å². The number of nitrogens with two attached hydrogens (primary N) is 1. The highest BCUT2D eigenvalue weighted by Crippen LogP contribution is 2.29. The van der Waals surface area contributed by atoms with Gasteiger partial charge in [-0.25, -0.2) is 0 Å². The van der Waals surface area contributed by atoms with E-state index < -0.39 is 0 Å². The van der Waals surface area contributed by atoms with Gasteiger partial charge in [-0.2, -0.15) is 15.0 Å². The predicted octanol–water partition coefficient (Wildman–Crippen LogP) is 2.57. The fraction of sp³-hybridized carbons (Fsp3) is 0.308. The number of halogens is 1. The van der Waals surface area contributed by atoms with E-state index in [1.807, 2.05) is 6.92 Å². The molecule has 0 radical (unpaired) electrons. The number of hydrogen-bond acceptors (Lipinski definition) is 6. The van der Waals surface area contributed by atoms with E-state index >= 15 is 0 Å². The minimum Gasteiger partial charge on any atom is -0.495 e. The second-order valence-corrected chi connectivity index (χ2v) is 4.40. The van der Waals surface area contributed by atoms with Gasteiger partial charge in [-0.05, 0) is 24.6 Å². The topological polar surface area (TPSA) is 83.2 Å². The van der Waals surface area contributed by atoms with E-state index in [-0.39, 0.29) is 12.0 Å². The summed E-state index contributed by atoms with van der Waals surface area (Å²) < 4.78 is 10.5. The highest BCUT2D eigenvalue weighted by Gasteiger charge is 2.10. The van der Waals surface area contributed by atoms with Gasteiger partial charge in [0.05, 0.1) is 18.7 Å². The van der Waals surface area contributed by atoms with Gasteiger partial charge in [-0.3, -0.25) is 0 Å². The van der Waals surface area contributed by atoms with Gasteiger partial charge in [0.1, 0.15) is 5.75 Å². The number of benzene rings is 1. The Morgan fingerprint density at radius 2 is 2.05 bits per heavy atom. The third-order valence-electron chi connectivity index (χ3n) is 2.48. The molecule has 7 heteroatoms. The van der Waals surface area contributed by atoms with Crippen LogP contribution in [0, 0.1) is 0 Å². The summed E-state index contributed by atoms with van der Waals surface area (Å²) in [5, 5.41) is 0.515. The van der Waals surface area contributed by atoms with Crippen LogP contribution in [0.1, 0.15) is 13.3 Å². The van der Waals surface area contributed by atoms with Gasteiger partial charge in [0.25, 0.3) is 0 Å². The summed E-state index contributed by atoms with van der Waals surface area (Å²) in [6.45, 7) is 2.52. The summed E-state index contributed by atoms with van der Waals surface area (Å²) in [6.07, 6.45) is 0.857. The van der Waals surface area contributed by atoms with Crippen molar-refractivity contribution in [1.29, 1.82) is 0 Å². The Hall–Kier alpha value is -2.08. The number of rotatable bonds is 5. The fourth-order valence-electron chi connectivity index (χ4n) is 1.56. The van der Waals surface area contributed by atoms with Crippen molar-refractivity contribution >= 4 is 17.5 Å². The molecular formula is C13H15ClN4O2. The molecule has 2 rings (SSSR count). The molecule has 0 fully saturated rings. The van der Waals surface area contributed by atoms with Gasteiger partial charge in [-0.15, -0.1) is 0 Å². The number of anilines is 1. The Morgan fingerprint density at radius 1 is 1.25 bits per heavy atom. The number of nitrogen functional groups attached to an aromatic ring is 1. The molecule has 2 aromatic rings. The van der Waals surface area contributed by atoms with Crippen molar-refractivity contribution in [2.75, 3.05) is 19.5 Å². The molecule has 1 aromatic heterocycles. The maximum Gasteiger partial charge on any atom is 0.321 e. The van der Waals surface area contributed by atoms with Crippen LogP contribution in [-0.4, -0.2) is 28.7 Å². The largest absolute Gasteiger partial charge is 0.495 e. The lowest BCUT2D eigenvalue weighted by molar-refractivity contribution is 0.292. The van der Waals surface area contributed by atoms with Crippen molar-refractivity contribution in [3.05, 3.63) is 23.2 Å². The third-order valence-corrected chi connectivity index (χ3v) is 2.79. The molecular weight excluding hydrogens is 280 g/mol. The van der Waals surface area contributed by atoms with Crippen LogP contribution in [0.5, 0.6) is 11.8 Å². The summed E-state index contributed by atoms with van der Waals surface area (Å²) in [6, 6.07) is 5.44. The molecule has 106 valence electrons. The number of ether oxygens (including phenoxy) is 2. The fourth-order valence-corrected chi connectivity index (χ4v) is 1.75. The summed E-state index contributed by atoms with van der Waals surface area (Å²) in [7, 11) is 1.54. The number of nitrogens with zero attached hydrogens (tertiary/aromatic N) is 3. The number of hydrogen-bond donors (Lipinski definition) is 1. The Morgan fingerprint density at radius 3 is 2.75 bits per heavy atom. The van der Waals surface area contributed by atoms with Crippen molar-refractivity contribution in [2.24, 2.45) is 0 Å². The minimum atomic E-state index is 0.106. The standard InChI is InChI=1S/C13H15ClN4O2/c1-3-6-20-13-17-11(16-12(15)18-13)8-4-5-9(14)10(7-8)19-2/h4-5,7H,3,6H2,1-2H3,(H2,15,16,17,18). The molecule has 0 unspecified atom stereocenters. The molecule has 0 atom stereocenters. The van der Waals surface area contributed by atoms with Gasteiger partial charge in [-0.1, -0.05) is 18.5 Å². The zero-order valence-corrected chi connectivity index (χ0v) is 12.0. The molecule has 0 aliphatic rings. The van der Waals surface area contributed by atoms with E-state index in [4.69, 9.17) is 26.8 Å². The predicted molar refractivity (Wildman–Crippen MR) is 77.0 cm³/mol. The second kappa shape index (κ2) is 6.38. The molecule has 0 saturated heterocycles. The first-order valence-electron chi connectivity index (χ1n) is 6.12.